The van der Waals surface area contributed by atoms with Crippen molar-refractivity contribution < 1.29 is 0 Å². The van der Waals surface area contributed by atoms with Crippen molar-refractivity contribution in [3.05, 3.63) is 11.6 Å². The molecule has 1 rings (SSSR count). The summed E-state index contributed by atoms with van der Waals surface area (Å²) in [4.78, 5) is 4.42. The van der Waals surface area contributed by atoms with Gasteiger partial charge in [0.05, 0.1) is 0 Å². The second-order valence-corrected chi connectivity index (χ2v) is 4.82. The summed E-state index contributed by atoms with van der Waals surface area (Å²) in [5.41, 5.74) is 5.64. The molecule has 1 unspecified atom stereocenters. The van der Waals surface area contributed by atoms with E-state index in [0.717, 1.165) is 37.5 Å². The molecule has 0 spiro atoms. The highest BCUT2D eigenvalue weighted by Crippen LogP contribution is 2.20. The summed E-state index contributed by atoms with van der Waals surface area (Å²) >= 11 is 0. The molecule has 16 heavy (non-hydrogen) atoms. The predicted octanol–water partition coefficient (Wildman–Crippen LogP) is 1.68. The molecule has 0 amide bonds. The number of hydrogen-bond acceptors (Lipinski definition) is 3. The number of hydrogen-bond donors (Lipinski definition) is 1. The largest absolute Gasteiger partial charge is 0.330 e. The zero-order valence-corrected chi connectivity index (χ0v) is 10.9. The minimum atomic E-state index is 0.692. The van der Waals surface area contributed by atoms with Crippen LogP contribution in [-0.4, -0.2) is 21.3 Å². The molecular formula is C12H24N4. The van der Waals surface area contributed by atoms with Gasteiger partial charge in [-0.2, -0.15) is 5.10 Å². The Hall–Kier alpha value is -0.900. The van der Waals surface area contributed by atoms with E-state index < -0.39 is 0 Å². The van der Waals surface area contributed by atoms with E-state index in [2.05, 4.69) is 23.9 Å². The molecule has 0 radical (unpaired) electrons. The van der Waals surface area contributed by atoms with Gasteiger partial charge in [0, 0.05) is 13.5 Å². The van der Waals surface area contributed by atoms with Crippen LogP contribution in [0, 0.1) is 18.8 Å². The zero-order valence-electron chi connectivity index (χ0n) is 10.9. The molecule has 1 aromatic rings. The number of aromatic nitrogens is 3. The lowest BCUT2D eigenvalue weighted by molar-refractivity contribution is 0.337. The second kappa shape index (κ2) is 5.99. The van der Waals surface area contributed by atoms with Gasteiger partial charge in [-0.3, -0.25) is 4.68 Å². The van der Waals surface area contributed by atoms with E-state index in [1.54, 1.807) is 0 Å². The van der Waals surface area contributed by atoms with Crippen molar-refractivity contribution in [1.82, 2.24) is 14.8 Å². The molecule has 92 valence electrons. The number of nitrogens with two attached hydrogens (primary N) is 1. The van der Waals surface area contributed by atoms with Gasteiger partial charge >= 0.3 is 0 Å². The molecule has 1 heterocycles. The normalized spacial score (nSPS) is 13.4. The van der Waals surface area contributed by atoms with Crippen LogP contribution in [0.5, 0.6) is 0 Å². The van der Waals surface area contributed by atoms with Crippen molar-refractivity contribution in [2.45, 2.75) is 40.0 Å². The molecular weight excluding hydrogens is 200 g/mol. The Morgan fingerprint density at radius 3 is 2.44 bits per heavy atom. The Bertz CT molecular complexity index is 317. The summed E-state index contributed by atoms with van der Waals surface area (Å²) in [6, 6.07) is 0. The lowest BCUT2D eigenvalue weighted by Crippen LogP contribution is -2.16. The van der Waals surface area contributed by atoms with Crippen LogP contribution in [0.25, 0.3) is 0 Å². The molecule has 0 aliphatic rings. The highest BCUT2D eigenvalue weighted by atomic mass is 15.3. The average molecular weight is 224 g/mol. The minimum Gasteiger partial charge on any atom is -0.330 e. The summed E-state index contributed by atoms with van der Waals surface area (Å²) < 4.78 is 1.88. The zero-order chi connectivity index (χ0) is 12.1. The third kappa shape index (κ3) is 3.59. The highest BCUT2D eigenvalue weighted by Gasteiger charge is 2.14. The van der Waals surface area contributed by atoms with Crippen molar-refractivity contribution in [2.75, 3.05) is 6.54 Å². The highest BCUT2D eigenvalue weighted by molar-refractivity contribution is 4.91. The van der Waals surface area contributed by atoms with Crippen LogP contribution in [0.15, 0.2) is 0 Å². The van der Waals surface area contributed by atoms with E-state index in [-0.39, 0.29) is 0 Å². The molecule has 0 aromatic carbocycles. The Morgan fingerprint density at radius 1 is 1.31 bits per heavy atom. The first-order valence-electron chi connectivity index (χ1n) is 6.11. The van der Waals surface area contributed by atoms with Crippen LogP contribution in [0.1, 0.15) is 38.3 Å². The van der Waals surface area contributed by atoms with Crippen LogP contribution in [0.3, 0.4) is 0 Å². The van der Waals surface area contributed by atoms with Gasteiger partial charge < -0.3 is 5.73 Å². The Kier molecular flexibility index (Phi) is 4.93. The fourth-order valence-electron chi connectivity index (χ4n) is 2.11. The van der Waals surface area contributed by atoms with E-state index in [1.807, 2.05) is 18.7 Å². The maximum atomic E-state index is 5.64. The average Bonchev–Trinajstić information content (AvgIpc) is 2.51. The monoisotopic (exact) mass is 224 g/mol. The van der Waals surface area contributed by atoms with Gasteiger partial charge in [-0.15, -0.1) is 0 Å². The maximum absolute atomic E-state index is 5.64. The SMILES string of the molecule is Cc1nc(CCC(CCN)C(C)C)n(C)n1. The van der Waals surface area contributed by atoms with Gasteiger partial charge in [-0.25, -0.2) is 4.98 Å². The van der Waals surface area contributed by atoms with E-state index >= 15 is 0 Å². The van der Waals surface area contributed by atoms with Crippen molar-refractivity contribution in [1.29, 1.82) is 0 Å². The van der Waals surface area contributed by atoms with E-state index in [4.69, 9.17) is 5.73 Å². The summed E-state index contributed by atoms with van der Waals surface area (Å²) in [5.74, 6) is 3.33. The molecule has 0 aliphatic heterocycles. The van der Waals surface area contributed by atoms with E-state index in [9.17, 15) is 0 Å². The van der Waals surface area contributed by atoms with E-state index in [1.165, 1.54) is 0 Å². The molecule has 0 saturated carbocycles. The number of aryl methyl sites for hydroxylation is 3. The minimum absolute atomic E-state index is 0.692. The Balaban J connectivity index is 2.51. The summed E-state index contributed by atoms with van der Waals surface area (Å²) in [6.45, 7) is 7.24. The fraction of sp³-hybridized carbons (Fsp3) is 0.833. The van der Waals surface area contributed by atoms with Gasteiger partial charge in [0.15, 0.2) is 0 Å². The van der Waals surface area contributed by atoms with Gasteiger partial charge in [0.2, 0.25) is 0 Å². The van der Waals surface area contributed by atoms with Gasteiger partial charge in [-0.05, 0) is 38.1 Å². The first kappa shape index (κ1) is 13.2. The van der Waals surface area contributed by atoms with Crippen molar-refractivity contribution in [3.8, 4) is 0 Å². The van der Waals surface area contributed by atoms with Crippen LogP contribution in [0.4, 0.5) is 0 Å². The molecule has 1 aromatic heterocycles. The lowest BCUT2D eigenvalue weighted by Gasteiger charge is -2.19. The topological polar surface area (TPSA) is 56.7 Å². The van der Waals surface area contributed by atoms with Crippen LogP contribution in [0.2, 0.25) is 0 Å². The van der Waals surface area contributed by atoms with Crippen LogP contribution in [-0.2, 0) is 13.5 Å². The molecule has 4 heteroatoms. The molecule has 0 bridgehead atoms. The quantitative estimate of drug-likeness (QED) is 0.799. The van der Waals surface area contributed by atoms with Crippen molar-refractivity contribution in [2.24, 2.45) is 24.6 Å². The molecule has 0 aliphatic carbocycles. The van der Waals surface area contributed by atoms with Gasteiger partial charge in [-0.1, -0.05) is 13.8 Å². The van der Waals surface area contributed by atoms with Crippen molar-refractivity contribution in [3.63, 3.8) is 0 Å². The van der Waals surface area contributed by atoms with Crippen LogP contribution >= 0.6 is 0 Å². The van der Waals surface area contributed by atoms with Crippen molar-refractivity contribution >= 4 is 0 Å². The predicted molar refractivity (Wildman–Crippen MR) is 66.1 cm³/mol. The number of rotatable bonds is 6. The first-order valence-corrected chi connectivity index (χ1v) is 6.11. The first-order chi connectivity index (χ1) is 7.54. The molecule has 2 N–H and O–H groups in total. The summed E-state index contributed by atoms with van der Waals surface area (Å²) in [6.07, 6.45) is 3.26. The number of nitrogens with zero attached hydrogens (tertiary/aromatic N) is 3. The van der Waals surface area contributed by atoms with E-state index in [0.29, 0.717) is 11.8 Å². The molecule has 4 nitrogen and oxygen atoms in total. The molecule has 0 saturated heterocycles. The van der Waals surface area contributed by atoms with Crippen LogP contribution < -0.4 is 5.73 Å². The third-order valence-electron chi connectivity index (χ3n) is 3.18. The Labute approximate surface area is 98.2 Å². The van der Waals surface area contributed by atoms with Gasteiger partial charge in [0.1, 0.15) is 11.6 Å². The smallest absolute Gasteiger partial charge is 0.147 e. The summed E-state index contributed by atoms with van der Waals surface area (Å²) in [7, 11) is 1.96. The third-order valence-corrected chi connectivity index (χ3v) is 3.18. The fourth-order valence-corrected chi connectivity index (χ4v) is 2.11. The second-order valence-electron chi connectivity index (χ2n) is 4.82. The standard InChI is InChI=1S/C12H24N4/c1-9(2)11(7-8-13)5-6-12-14-10(3)15-16(12)4/h9,11H,5-8,13H2,1-4H3. The molecule has 0 fully saturated rings. The lowest BCUT2D eigenvalue weighted by atomic mass is 9.88. The maximum Gasteiger partial charge on any atom is 0.147 e. The Morgan fingerprint density at radius 2 is 2.00 bits per heavy atom. The van der Waals surface area contributed by atoms with Gasteiger partial charge in [0.25, 0.3) is 0 Å². The summed E-state index contributed by atoms with van der Waals surface area (Å²) in [5, 5.41) is 4.26. The molecule has 1 atom stereocenters.